The molecule has 0 saturated carbocycles. The Hall–Kier alpha value is 0.202. The molecule has 0 atom stereocenters. The number of hydrogen-bond acceptors (Lipinski definition) is 6. The first-order valence-corrected chi connectivity index (χ1v) is 3.04. The topological polar surface area (TPSA) is 120 Å². The fraction of sp³-hybridized carbons (Fsp3) is 0.500. The summed E-state index contributed by atoms with van der Waals surface area (Å²) in [6, 6.07) is 0. The van der Waals surface area contributed by atoms with Crippen LogP contribution in [-0.2, 0) is 14.4 Å². The molecule has 0 rings (SSSR count). The van der Waals surface area contributed by atoms with Gasteiger partial charge in [-0.15, -0.1) is 0 Å². The predicted octanol–water partition coefficient (Wildman–Crippen LogP) is -13.4. The zero-order chi connectivity index (χ0) is 9.72. The smallest absolute Gasteiger partial charge is 0.550 e. The monoisotopic (exact) mass is 194 g/mol. The zero-order valence-electron chi connectivity index (χ0n) is 8.94. The number of hydrogen-bond donors (Lipinski definition) is 0. The van der Waals surface area contributed by atoms with Crippen molar-refractivity contribution in [2.24, 2.45) is 5.92 Å². The summed E-state index contributed by atoms with van der Waals surface area (Å²) in [5, 5.41) is 29.8. The fourth-order valence-corrected chi connectivity index (χ4v) is 0.641. The Balaban J connectivity index is -0.000000202. The van der Waals surface area contributed by atoms with E-state index in [1.165, 1.54) is 0 Å². The van der Waals surface area contributed by atoms with Crippen molar-refractivity contribution in [3.8, 4) is 0 Å². The Morgan fingerprint density at radius 1 is 0.800 bits per heavy atom. The van der Waals surface area contributed by atoms with Crippen molar-refractivity contribution >= 4 is 17.9 Å². The van der Waals surface area contributed by atoms with E-state index < -0.39 is 36.7 Å². The summed E-state index contributed by atoms with van der Waals surface area (Å²) in [5.74, 6) is -6.58. The van der Waals surface area contributed by atoms with Gasteiger partial charge in [0.05, 0.1) is 0 Å². The number of rotatable bonds is 5. The van der Waals surface area contributed by atoms with Gasteiger partial charge < -0.3 is 29.7 Å². The minimum Gasteiger partial charge on any atom is -0.550 e. The molecule has 0 aromatic rings. The van der Waals surface area contributed by atoms with E-state index in [9.17, 15) is 29.7 Å². The van der Waals surface area contributed by atoms with Crippen molar-refractivity contribution in [1.29, 1.82) is 0 Å². The van der Waals surface area contributed by atoms with Gasteiger partial charge in [0, 0.05) is 23.8 Å². The van der Waals surface area contributed by atoms with Crippen LogP contribution in [0.4, 0.5) is 0 Å². The van der Waals surface area contributed by atoms with Gasteiger partial charge in [-0.25, -0.2) is 0 Å². The molecule has 0 aliphatic carbocycles. The average molecular weight is 194 g/mol. The van der Waals surface area contributed by atoms with Crippen molar-refractivity contribution in [2.45, 2.75) is 12.8 Å². The Kier molecular flexibility index (Phi) is 20.0. The van der Waals surface area contributed by atoms with Gasteiger partial charge >= 0.3 is 56.6 Å². The van der Waals surface area contributed by atoms with Crippen LogP contribution in [-0.4, -0.2) is 17.9 Å². The Bertz CT molecular complexity index is 203. The van der Waals surface area contributed by atoms with Crippen LogP contribution in [0, 0.1) is 5.92 Å². The second kappa shape index (κ2) is 12.3. The molecule has 0 heterocycles. The third-order valence-corrected chi connectivity index (χ3v) is 1.16. The van der Waals surface area contributed by atoms with Crippen LogP contribution in [0.15, 0.2) is 0 Å². The van der Waals surface area contributed by atoms with Crippen molar-refractivity contribution in [3.63, 3.8) is 0 Å². The van der Waals surface area contributed by atoms with Crippen molar-refractivity contribution < 1.29 is 86.3 Å². The number of carbonyl (C=O) groups excluding carboxylic acids is 3. The average Bonchev–Trinajstić information content (AvgIpc) is 1.83. The standard InChI is InChI=1S/C6H8O6.3Li/c7-4(8)1-3(6(11)12)2-5(9)10;;;/h3H,1-2H2,(H,7,8)(H,9,10)(H,11,12);;;/q;3*+1/p-3. The van der Waals surface area contributed by atoms with Crippen LogP contribution >= 0.6 is 0 Å². The van der Waals surface area contributed by atoms with Gasteiger partial charge in [0.15, 0.2) is 0 Å². The summed E-state index contributed by atoms with van der Waals surface area (Å²) in [6.45, 7) is 0. The maximum absolute atomic E-state index is 10.1. The molecule has 0 saturated heterocycles. The maximum atomic E-state index is 10.1. The van der Waals surface area contributed by atoms with Gasteiger partial charge in [0.25, 0.3) is 0 Å². The van der Waals surface area contributed by atoms with Crippen LogP contribution in [0.1, 0.15) is 12.8 Å². The largest absolute Gasteiger partial charge is 1.00 e. The SMILES string of the molecule is O=C([O-])CC(CC(=O)[O-])C(=O)[O-].[Li+].[Li+].[Li+]. The van der Waals surface area contributed by atoms with E-state index in [4.69, 9.17) is 0 Å². The summed E-state index contributed by atoms with van der Waals surface area (Å²) < 4.78 is 0. The predicted molar refractivity (Wildman–Crippen MR) is 27.7 cm³/mol. The molecule has 0 aromatic heterocycles. The van der Waals surface area contributed by atoms with E-state index in [0.29, 0.717) is 0 Å². The minimum absolute atomic E-state index is 0. The van der Waals surface area contributed by atoms with E-state index in [-0.39, 0.29) is 56.6 Å². The van der Waals surface area contributed by atoms with E-state index in [1.807, 2.05) is 0 Å². The summed E-state index contributed by atoms with van der Waals surface area (Å²) >= 11 is 0. The Morgan fingerprint density at radius 3 is 1.20 bits per heavy atom. The van der Waals surface area contributed by atoms with Crippen LogP contribution in [0.2, 0.25) is 0 Å². The Morgan fingerprint density at radius 2 is 1.07 bits per heavy atom. The van der Waals surface area contributed by atoms with Gasteiger partial charge in [-0.3, -0.25) is 0 Å². The second-order valence-corrected chi connectivity index (χ2v) is 2.17. The van der Waals surface area contributed by atoms with Gasteiger partial charge in [-0.1, -0.05) is 0 Å². The second-order valence-electron chi connectivity index (χ2n) is 2.17. The molecule has 68 valence electrons. The van der Waals surface area contributed by atoms with Crippen molar-refractivity contribution in [1.82, 2.24) is 0 Å². The Labute approximate surface area is 122 Å². The zero-order valence-corrected chi connectivity index (χ0v) is 8.94. The van der Waals surface area contributed by atoms with Crippen LogP contribution < -0.4 is 71.9 Å². The quantitative estimate of drug-likeness (QED) is 0.400. The molecule has 0 fully saturated rings. The van der Waals surface area contributed by atoms with Crippen LogP contribution in [0.5, 0.6) is 0 Å². The van der Waals surface area contributed by atoms with Gasteiger partial charge in [0.2, 0.25) is 0 Å². The third kappa shape index (κ3) is 14.2. The molecule has 0 bridgehead atoms. The first-order valence-electron chi connectivity index (χ1n) is 3.04. The van der Waals surface area contributed by atoms with Crippen molar-refractivity contribution in [3.05, 3.63) is 0 Å². The van der Waals surface area contributed by atoms with E-state index >= 15 is 0 Å². The molecule has 0 aliphatic heterocycles. The minimum atomic E-state index is -1.73. The van der Waals surface area contributed by atoms with Gasteiger partial charge in [-0.2, -0.15) is 0 Å². The molecule has 0 amide bonds. The molecular weight excluding hydrogens is 189 g/mol. The molecule has 0 radical (unpaired) electrons. The first kappa shape index (κ1) is 24.4. The summed E-state index contributed by atoms with van der Waals surface area (Å²) in [5.41, 5.74) is 0. The number of carboxylic acid groups (broad SMARTS) is 3. The third-order valence-electron chi connectivity index (χ3n) is 1.16. The molecule has 9 heteroatoms. The molecule has 0 aliphatic rings. The molecule has 6 nitrogen and oxygen atoms in total. The summed E-state index contributed by atoms with van der Waals surface area (Å²) in [6.07, 6.45) is -1.76. The molecule has 0 N–H and O–H groups in total. The molecular formula is C6H5Li3O6. The molecule has 0 unspecified atom stereocenters. The van der Waals surface area contributed by atoms with E-state index in [1.54, 1.807) is 0 Å². The van der Waals surface area contributed by atoms with Crippen molar-refractivity contribution in [2.75, 3.05) is 0 Å². The first-order chi connectivity index (χ1) is 5.43. The maximum Gasteiger partial charge on any atom is 1.00 e. The van der Waals surface area contributed by atoms with Crippen LogP contribution in [0.3, 0.4) is 0 Å². The van der Waals surface area contributed by atoms with E-state index in [2.05, 4.69) is 0 Å². The number of aliphatic carboxylic acids is 3. The summed E-state index contributed by atoms with van der Waals surface area (Å²) in [7, 11) is 0. The summed E-state index contributed by atoms with van der Waals surface area (Å²) in [4.78, 5) is 29.8. The van der Waals surface area contributed by atoms with Crippen LogP contribution in [0.25, 0.3) is 0 Å². The normalized spacial score (nSPS) is 7.80. The van der Waals surface area contributed by atoms with E-state index in [0.717, 1.165) is 0 Å². The molecule has 0 aromatic carbocycles. The number of carbonyl (C=O) groups is 3. The molecule has 0 spiro atoms. The molecule has 15 heavy (non-hydrogen) atoms. The van der Waals surface area contributed by atoms with Gasteiger partial charge in [0.1, 0.15) is 0 Å². The van der Waals surface area contributed by atoms with Gasteiger partial charge in [-0.05, 0) is 12.8 Å². The number of carboxylic acids is 3. The fourth-order valence-electron chi connectivity index (χ4n) is 0.641.